The van der Waals surface area contributed by atoms with Gasteiger partial charge in [0.05, 0.1) is 5.69 Å². The third kappa shape index (κ3) is 4.40. The zero-order valence-electron chi connectivity index (χ0n) is 29.9. The van der Waals surface area contributed by atoms with Gasteiger partial charge in [-0.15, -0.1) is 0 Å². The van der Waals surface area contributed by atoms with E-state index in [1.54, 1.807) is 0 Å². The lowest BCUT2D eigenvalue weighted by atomic mass is 9.83. The summed E-state index contributed by atoms with van der Waals surface area (Å²) in [6.07, 6.45) is 4.15. The van der Waals surface area contributed by atoms with Crippen LogP contribution < -0.4 is 0 Å². The van der Waals surface area contributed by atoms with Crippen molar-refractivity contribution in [3.05, 3.63) is 194 Å². The standard InChI is InChI=1S/C53H32N2/c1-2-15-39-37(14-1)38-20-9-12-34-29-30-35-13-10-21-42(51(35)50(34)38)45-22-11-23-46(52(39)45)53-43-18-5-3-16-40(43)49(41-17-4-6-19-44(41)53)36-27-25-33(26-28-36)47-32-55-31-8-7-24-48(55)54-47/h1-32H. The molecule has 0 radical (unpaired) electrons. The minimum atomic E-state index is 0.948. The zero-order chi connectivity index (χ0) is 36.0. The Kier molecular flexibility index (Phi) is 6.37. The average molecular weight is 697 g/mol. The highest BCUT2D eigenvalue weighted by Gasteiger charge is 2.20. The topological polar surface area (TPSA) is 17.3 Å². The Bertz CT molecular complexity index is 3450. The molecule has 0 unspecified atom stereocenters. The Labute approximate surface area is 317 Å². The van der Waals surface area contributed by atoms with Gasteiger partial charge in [0, 0.05) is 18.0 Å². The maximum absolute atomic E-state index is 4.89. The average Bonchev–Trinajstić information content (AvgIpc) is 3.69. The van der Waals surface area contributed by atoms with Crippen LogP contribution in [0.1, 0.15) is 0 Å². The first-order valence-electron chi connectivity index (χ1n) is 19.0. The van der Waals surface area contributed by atoms with Crippen LogP contribution in [0.5, 0.6) is 0 Å². The molecule has 12 aromatic rings. The van der Waals surface area contributed by atoms with Crippen molar-refractivity contribution in [1.82, 2.24) is 9.38 Å². The van der Waals surface area contributed by atoms with Gasteiger partial charge in [0.2, 0.25) is 0 Å². The fraction of sp³-hybridized carbons (Fsp3) is 0. The number of rotatable bonds is 3. The number of hydrogen-bond donors (Lipinski definition) is 0. The summed E-state index contributed by atoms with van der Waals surface area (Å²) in [4.78, 5) is 4.89. The first-order valence-corrected chi connectivity index (χ1v) is 19.0. The number of aromatic nitrogens is 2. The minimum absolute atomic E-state index is 0.948. The van der Waals surface area contributed by atoms with Gasteiger partial charge in [-0.2, -0.15) is 0 Å². The molecule has 2 heterocycles. The van der Waals surface area contributed by atoms with Crippen molar-refractivity contribution < 1.29 is 0 Å². The molecule has 0 fully saturated rings. The van der Waals surface area contributed by atoms with E-state index in [2.05, 4.69) is 174 Å². The summed E-state index contributed by atoms with van der Waals surface area (Å²) in [5.41, 5.74) is 7.98. The number of fused-ring (bicyclic) bond motifs is 8. The molecular weight excluding hydrogens is 665 g/mol. The van der Waals surface area contributed by atoms with E-state index in [1.165, 1.54) is 97.7 Å². The van der Waals surface area contributed by atoms with Gasteiger partial charge in [-0.05, 0) is 110 Å². The quantitative estimate of drug-likeness (QED) is 0.133. The molecule has 2 aromatic heterocycles. The Morgan fingerprint density at radius 1 is 0.327 bits per heavy atom. The summed E-state index contributed by atoms with van der Waals surface area (Å²) >= 11 is 0. The number of benzene rings is 9. The molecule has 0 bridgehead atoms. The second kappa shape index (κ2) is 11.6. The van der Waals surface area contributed by atoms with E-state index in [0.29, 0.717) is 0 Å². The SMILES string of the molecule is c1ccc2c(-c3cccc4c5cccc6ccc7cccc(c8ccccc8c34)c7c65)c3ccccc3c(-c3ccc(-c4cn5ccccc5n4)cc3)c2c1. The predicted octanol–water partition coefficient (Wildman–Crippen LogP) is 14.4. The van der Waals surface area contributed by atoms with E-state index in [-0.39, 0.29) is 0 Å². The van der Waals surface area contributed by atoms with Crippen molar-refractivity contribution in [2.45, 2.75) is 0 Å². The van der Waals surface area contributed by atoms with E-state index in [9.17, 15) is 0 Å². The van der Waals surface area contributed by atoms with Gasteiger partial charge >= 0.3 is 0 Å². The van der Waals surface area contributed by atoms with Crippen molar-refractivity contribution in [2.75, 3.05) is 0 Å². The van der Waals surface area contributed by atoms with Crippen molar-refractivity contribution in [3.8, 4) is 33.5 Å². The molecule has 0 aliphatic carbocycles. The molecule has 0 saturated heterocycles. The fourth-order valence-electron chi connectivity index (χ4n) is 9.43. The zero-order valence-corrected chi connectivity index (χ0v) is 29.9. The Balaban J connectivity index is 1.19. The molecule has 0 aliphatic rings. The molecular formula is C53H32N2. The maximum atomic E-state index is 4.89. The monoisotopic (exact) mass is 696 g/mol. The minimum Gasteiger partial charge on any atom is -0.306 e. The van der Waals surface area contributed by atoms with Crippen LogP contribution in [-0.2, 0) is 0 Å². The number of pyridine rings is 1. The lowest BCUT2D eigenvalue weighted by molar-refractivity contribution is 1.19. The lowest BCUT2D eigenvalue weighted by Gasteiger charge is -2.20. The highest BCUT2D eigenvalue weighted by atomic mass is 15.0. The van der Waals surface area contributed by atoms with Gasteiger partial charge in [-0.1, -0.05) is 170 Å². The molecule has 55 heavy (non-hydrogen) atoms. The van der Waals surface area contributed by atoms with Crippen molar-refractivity contribution in [1.29, 1.82) is 0 Å². The molecule has 12 rings (SSSR count). The summed E-state index contributed by atoms with van der Waals surface area (Å²) in [6, 6.07) is 67.1. The van der Waals surface area contributed by atoms with Crippen molar-refractivity contribution in [2.24, 2.45) is 0 Å². The first-order chi connectivity index (χ1) is 27.3. The molecule has 10 aromatic carbocycles. The van der Waals surface area contributed by atoms with E-state index < -0.39 is 0 Å². The number of imidazole rings is 1. The molecule has 0 amide bonds. The third-order valence-electron chi connectivity index (χ3n) is 11.8. The van der Waals surface area contributed by atoms with Crippen LogP contribution in [-0.4, -0.2) is 9.38 Å². The van der Waals surface area contributed by atoms with Crippen LogP contribution in [0.2, 0.25) is 0 Å². The van der Waals surface area contributed by atoms with Crippen LogP contribution in [0.3, 0.4) is 0 Å². The van der Waals surface area contributed by atoms with Gasteiger partial charge in [0.25, 0.3) is 0 Å². The first kappa shape index (κ1) is 30.2. The number of nitrogens with zero attached hydrogens (tertiary/aromatic N) is 2. The lowest BCUT2D eigenvalue weighted by Crippen LogP contribution is -1.92. The van der Waals surface area contributed by atoms with E-state index in [1.807, 2.05) is 24.4 Å². The fourth-order valence-corrected chi connectivity index (χ4v) is 9.43. The van der Waals surface area contributed by atoms with E-state index in [4.69, 9.17) is 4.98 Å². The van der Waals surface area contributed by atoms with Gasteiger partial charge < -0.3 is 4.40 Å². The van der Waals surface area contributed by atoms with Gasteiger partial charge in [-0.25, -0.2) is 4.98 Å². The Morgan fingerprint density at radius 3 is 1.44 bits per heavy atom. The second-order valence-electron chi connectivity index (χ2n) is 14.7. The Morgan fingerprint density at radius 2 is 0.800 bits per heavy atom. The normalized spacial score (nSPS) is 12.0. The highest BCUT2D eigenvalue weighted by Crippen LogP contribution is 2.48. The molecule has 0 spiro atoms. The number of hydrogen-bond acceptors (Lipinski definition) is 1. The second-order valence-corrected chi connectivity index (χ2v) is 14.7. The smallest absolute Gasteiger partial charge is 0.137 e. The van der Waals surface area contributed by atoms with Gasteiger partial charge in [0.1, 0.15) is 5.65 Å². The summed E-state index contributed by atoms with van der Waals surface area (Å²) in [7, 11) is 0. The van der Waals surface area contributed by atoms with Crippen LogP contribution >= 0.6 is 0 Å². The summed E-state index contributed by atoms with van der Waals surface area (Å²) in [6.45, 7) is 0. The van der Waals surface area contributed by atoms with Crippen LogP contribution in [0.25, 0.3) is 115 Å². The molecule has 0 N–H and O–H groups in total. The van der Waals surface area contributed by atoms with Gasteiger partial charge in [-0.3, -0.25) is 0 Å². The largest absolute Gasteiger partial charge is 0.306 e. The maximum Gasteiger partial charge on any atom is 0.137 e. The van der Waals surface area contributed by atoms with Crippen LogP contribution in [0.15, 0.2) is 194 Å². The molecule has 0 aliphatic heterocycles. The van der Waals surface area contributed by atoms with Crippen LogP contribution in [0, 0.1) is 0 Å². The van der Waals surface area contributed by atoms with Crippen molar-refractivity contribution in [3.63, 3.8) is 0 Å². The molecule has 2 nitrogen and oxygen atoms in total. The van der Waals surface area contributed by atoms with E-state index >= 15 is 0 Å². The summed E-state index contributed by atoms with van der Waals surface area (Å²) < 4.78 is 2.08. The van der Waals surface area contributed by atoms with Crippen LogP contribution in [0.4, 0.5) is 0 Å². The Hall–Kier alpha value is -7.29. The van der Waals surface area contributed by atoms with E-state index in [0.717, 1.165) is 16.9 Å². The van der Waals surface area contributed by atoms with Crippen molar-refractivity contribution >= 4 is 81.1 Å². The molecule has 0 atom stereocenters. The third-order valence-corrected chi connectivity index (χ3v) is 11.8. The predicted molar refractivity (Wildman–Crippen MR) is 234 cm³/mol. The van der Waals surface area contributed by atoms with Gasteiger partial charge in [0.15, 0.2) is 0 Å². The summed E-state index contributed by atoms with van der Waals surface area (Å²) in [5.74, 6) is 0. The highest BCUT2D eigenvalue weighted by molar-refractivity contribution is 6.35. The molecule has 254 valence electrons. The summed E-state index contributed by atoms with van der Waals surface area (Å²) in [5, 5.41) is 17.8. The molecule has 2 heteroatoms. The molecule has 0 saturated carbocycles.